The van der Waals surface area contributed by atoms with Crippen molar-refractivity contribution in [2.75, 3.05) is 13.2 Å². The summed E-state index contributed by atoms with van der Waals surface area (Å²) in [5.41, 5.74) is 0.862. The van der Waals surface area contributed by atoms with Crippen LogP contribution < -0.4 is 5.32 Å². The van der Waals surface area contributed by atoms with Gasteiger partial charge in [0.15, 0.2) is 5.11 Å². The zero-order valence-corrected chi connectivity index (χ0v) is 15.3. The largest absolute Gasteiger partial charge is 0.465 e. The van der Waals surface area contributed by atoms with E-state index in [1.165, 1.54) is 11.3 Å². The van der Waals surface area contributed by atoms with Crippen LogP contribution in [0.1, 0.15) is 29.6 Å². The summed E-state index contributed by atoms with van der Waals surface area (Å²) in [7, 11) is 0. The molecule has 0 amide bonds. The van der Waals surface area contributed by atoms with Gasteiger partial charge in [-0.1, -0.05) is 17.7 Å². The average molecular weight is 382 g/mol. The Kier molecular flexibility index (Phi) is 5.33. The van der Waals surface area contributed by atoms with Crippen molar-refractivity contribution < 1.29 is 9.53 Å². The molecule has 0 aliphatic carbocycles. The van der Waals surface area contributed by atoms with Gasteiger partial charge >= 0.3 is 5.97 Å². The van der Waals surface area contributed by atoms with Crippen LogP contribution in [0, 0.1) is 0 Å². The molecule has 1 fully saturated rings. The highest BCUT2D eigenvalue weighted by Crippen LogP contribution is 2.41. The van der Waals surface area contributed by atoms with Gasteiger partial charge in [-0.25, -0.2) is 0 Å². The third-order valence-electron chi connectivity index (χ3n) is 3.69. The van der Waals surface area contributed by atoms with E-state index in [0.29, 0.717) is 16.1 Å². The lowest BCUT2D eigenvalue weighted by Crippen LogP contribution is -2.35. The fraction of sp³-hybridized carbons (Fsp3) is 0.312. The molecule has 0 spiro atoms. The maximum Gasteiger partial charge on any atom is 0.325 e. The summed E-state index contributed by atoms with van der Waals surface area (Å²) in [6.45, 7) is 2.21. The third-order valence-corrected chi connectivity index (χ3v) is 5.34. The second-order valence-electron chi connectivity index (χ2n) is 5.20. The van der Waals surface area contributed by atoms with Gasteiger partial charge in [0.05, 0.1) is 28.7 Å². The number of hydrogen-bond donors (Lipinski definition) is 1. The van der Waals surface area contributed by atoms with Crippen molar-refractivity contribution >= 4 is 46.2 Å². The molecule has 1 aliphatic heterocycles. The predicted octanol–water partition coefficient (Wildman–Crippen LogP) is 3.33. The molecule has 0 radical (unpaired) electrons. The van der Waals surface area contributed by atoms with Crippen molar-refractivity contribution in [3.63, 3.8) is 0 Å². The van der Waals surface area contributed by atoms with Crippen LogP contribution in [0.15, 0.2) is 36.5 Å². The monoisotopic (exact) mass is 381 g/mol. The van der Waals surface area contributed by atoms with Gasteiger partial charge in [-0.2, -0.15) is 0 Å². The van der Waals surface area contributed by atoms with E-state index in [1.54, 1.807) is 13.1 Å². The molecule has 0 aromatic carbocycles. The zero-order valence-electron chi connectivity index (χ0n) is 12.9. The lowest BCUT2D eigenvalue weighted by Gasteiger charge is -2.25. The maximum absolute atomic E-state index is 12.0. The van der Waals surface area contributed by atoms with E-state index < -0.39 is 0 Å². The van der Waals surface area contributed by atoms with Crippen LogP contribution in [0.25, 0.3) is 0 Å². The number of nitrogens with one attached hydrogen (secondary N) is 1. The first-order chi connectivity index (χ1) is 11.6. The first kappa shape index (κ1) is 17.1. The minimum Gasteiger partial charge on any atom is -0.465 e. The highest BCUT2D eigenvalue weighted by atomic mass is 35.5. The van der Waals surface area contributed by atoms with Crippen LogP contribution in [0.3, 0.4) is 0 Å². The zero-order chi connectivity index (χ0) is 17.1. The molecule has 126 valence electrons. The number of esters is 1. The Balaban J connectivity index is 1.95. The van der Waals surface area contributed by atoms with Gasteiger partial charge in [0, 0.05) is 11.1 Å². The molecule has 1 saturated heterocycles. The number of thiocarbonyl (C=S) groups is 1. The molecule has 1 N–H and O–H groups in total. The molecule has 3 rings (SSSR count). The lowest BCUT2D eigenvalue weighted by atomic mass is 10.0. The fourth-order valence-corrected chi connectivity index (χ4v) is 4.23. The Morgan fingerprint density at radius 2 is 2.29 bits per heavy atom. The molecule has 3 heterocycles. The first-order valence-electron chi connectivity index (χ1n) is 7.49. The predicted molar refractivity (Wildman–Crippen MR) is 98.1 cm³/mol. The molecule has 0 unspecified atom stereocenters. The van der Waals surface area contributed by atoms with E-state index in [2.05, 4.69) is 10.3 Å². The number of rotatable bonds is 5. The van der Waals surface area contributed by atoms with Crippen LogP contribution >= 0.6 is 35.2 Å². The molecule has 0 bridgehead atoms. The quantitative estimate of drug-likeness (QED) is 0.633. The summed E-state index contributed by atoms with van der Waals surface area (Å²) in [6.07, 6.45) is 1.74. The summed E-state index contributed by atoms with van der Waals surface area (Å²) in [4.78, 5) is 19.3. The molecule has 24 heavy (non-hydrogen) atoms. The molecular formula is C16H16ClN3O2S2. The molecule has 0 saturated carbocycles. The van der Waals surface area contributed by atoms with Gasteiger partial charge in [-0.05, 0) is 43.4 Å². The van der Waals surface area contributed by atoms with Crippen molar-refractivity contribution in [2.24, 2.45) is 0 Å². The van der Waals surface area contributed by atoms with Crippen molar-refractivity contribution in [2.45, 2.75) is 19.0 Å². The van der Waals surface area contributed by atoms with E-state index in [4.69, 9.17) is 28.6 Å². The number of halogens is 1. The summed E-state index contributed by atoms with van der Waals surface area (Å²) in [5, 5.41) is 3.78. The Hall–Kier alpha value is -1.70. The number of pyridine rings is 1. The Morgan fingerprint density at radius 3 is 2.92 bits per heavy atom. The van der Waals surface area contributed by atoms with Crippen LogP contribution in [-0.2, 0) is 9.53 Å². The van der Waals surface area contributed by atoms with Gasteiger partial charge in [-0.15, -0.1) is 11.3 Å². The highest BCUT2D eigenvalue weighted by molar-refractivity contribution is 7.80. The van der Waals surface area contributed by atoms with Gasteiger partial charge in [0.25, 0.3) is 0 Å². The fourth-order valence-electron chi connectivity index (χ4n) is 2.72. The van der Waals surface area contributed by atoms with E-state index >= 15 is 0 Å². The number of carbonyl (C=O) groups excluding carboxylic acids is 1. The molecule has 1 aliphatic rings. The highest BCUT2D eigenvalue weighted by Gasteiger charge is 2.41. The number of aromatic nitrogens is 1. The Morgan fingerprint density at radius 1 is 1.46 bits per heavy atom. The Bertz CT molecular complexity index is 738. The summed E-state index contributed by atoms with van der Waals surface area (Å²) >= 11 is 13.0. The van der Waals surface area contributed by atoms with Crippen molar-refractivity contribution in [1.82, 2.24) is 15.2 Å². The number of nitrogens with zero attached hydrogens (tertiary/aromatic N) is 2. The van der Waals surface area contributed by atoms with E-state index in [0.717, 1.165) is 10.6 Å². The molecule has 2 aromatic rings. The number of carbonyl (C=O) groups is 1. The smallest absolute Gasteiger partial charge is 0.325 e. The average Bonchev–Trinajstić information content (AvgIpc) is 3.13. The van der Waals surface area contributed by atoms with Crippen molar-refractivity contribution in [3.05, 3.63) is 51.4 Å². The normalized spacial score (nSPS) is 20.1. The lowest BCUT2D eigenvalue weighted by molar-refractivity contribution is -0.143. The molecule has 8 heteroatoms. The minimum atomic E-state index is -0.309. The summed E-state index contributed by atoms with van der Waals surface area (Å²) in [6, 6.07) is 9.24. The second kappa shape index (κ2) is 7.46. The maximum atomic E-state index is 12.0. The van der Waals surface area contributed by atoms with Crippen molar-refractivity contribution in [3.8, 4) is 0 Å². The van der Waals surface area contributed by atoms with E-state index in [-0.39, 0.29) is 24.6 Å². The number of hydrogen-bond acceptors (Lipinski definition) is 5. The van der Waals surface area contributed by atoms with Gasteiger partial charge in [0.2, 0.25) is 0 Å². The third kappa shape index (κ3) is 3.53. The van der Waals surface area contributed by atoms with Crippen molar-refractivity contribution in [1.29, 1.82) is 0 Å². The topological polar surface area (TPSA) is 54.5 Å². The van der Waals surface area contributed by atoms with Crippen LogP contribution in [0.5, 0.6) is 0 Å². The van der Waals surface area contributed by atoms with Gasteiger partial charge < -0.3 is 15.0 Å². The minimum absolute atomic E-state index is 0.0865. The first-order valence-corrected chi connectivity index (χ1v) is 9.09. The standard InChI is InChI=1S/C16H16ClN3O2S2/c1-2-22-13(21)9-20-15(11-6-7-12(17)24-11)14(19-16(20)23)10-5-3-4-8-18-10/h3-8,14-15H,2,9H2,1H3,(H,19,23)/t14-,15+/m0/s1. The van der Waals surface area contributed by atoms with E-state index in [1.807, 2.05) is 35.2 Å². The summed E-state index contributed by atoms with van der Waals surface area (Å²) < 4.78 is 5.77. The summed E-state index contributed by atoms with van der Waals surface area (Å²) in [5.74, 6) is -0.309. The van der Waals surface area contributed by atoms with Crippen LogP contribution in [0.2, 0.25) is 4.34 Å². The van der Waals surface area contributed by atoms with Crippen LogP contribution in [0.4, 0.5) is 0 Å². The molecule has 5 nitrogen and oxygen atoms in total. The molecule has 2 atom stereocenters. The SMILES string of the molecule is CCOC(=O)CN1C(=S)N[C@@H](c2ccccn2)[C@H]1c1ccc(Cl)s1. The van der Waals surface area contributed by atoms with Gasteiger partial charge in [-0.3, -0.25) is 9.78 Å². The second-order valence-corrected chi connectivity index (χ2v) is 7.33. The molecule has 2 aromatic heterocycles. The van der Waals surface area contributed by atoms with Gasteiger partial charge in [0.1, 0.15) is 6.54 Å². The molecular weight excluding hydrogens is 366 g/mol. The van der Waals surface area contributed by atoms with Crippen LogP contribution in [-0.4, -0.2) is 34.1 Å². The van der Waals surface area contributed by atoms with E-state index in [9.17, 15) is 4.79 Å². The number of thiophene rings is 1. The number of ether oxygens (including phenoxy) is 1. The Labute approximate surface area is 154 Å².